The molecule has 6 heteroatoms. The minimum Gasteiger partial charge on any atom is -0.255 e. The average molecular weight is 200 g/mol. The predicted molar refractivity (Wildman–Crippen MR) is 42.7 cm³/mol. The molecule has 0 amide bonds. The summed E-state index contributed by atoms with van der Waals surface area (Å²) < 4.78 is 0.928. The number of nitrogens with zero attached hydrogens (tertiary/aromatic N) is 2. The Kier molecular flexibility index (Phi) is 2.28. The highest BCUT2D eigenvalue weighted by Crippen LogP contribution is 2.17. The van der Waals surface area contributed by atoms with Crippen molar-refractivity contribution in [2.24, 2.45) is 5.10 Å². The first-order valence-electron chi connectivity index (χ1n) is 2.44. The molecule has 0 saturated carbocycles. The first-order chi connectivity index (χ1) is 4.61. The van der Waals surface area contributed by atoms with Crippen molar-refractivity contribution in [3.05, 3.63) is 10.7 Å². The Morgan fingerprint density at radius 3 is 2.60 bits per heavy atom. The van der Waals surface area contributed by atoms with Gasteiger partial charge < -0.3 is 0 Å². The molecule has 1 rings (SSSR count). The fourth-order valence-electron chi connectivity index (χ4n) is 0.432. The smallest absolute Gasteiger partial charge is 0.158 e. The van der Waals surface area contributed by atoms with E-state index in [4.69, 9.17) is 35.0 Å². The molecule has 0 aliphatic carbocycles. The van der Waals surface area contributed by atoms with Gasteiger partial charge in [-0.15, -0.1) is 9.74 Å². The van der Waals surface area contributed by atoms with Crippen LogP contribution in [0.25, 0.3) is 0 Å². The Labute approximate surface area is 73.3 Å². The zero-order valence-electron chi connectivity index (χ0n) is 5.03. The second-order valence-electron chi connectivity index (χ2n) is 1.70. The summed E-state index contributed by atoms with van der Waals surface area (Å²) in [5.74, 6) is 0. The Hall–Kier alpha value is -0.120. The number of hydrazine groups is 1. The van der Waals surface area contributed by atoms with Crippen molar-refractivity contribution in [3.8, 4) is 0 Å². The van der Waals surface area contributed by atoms with Gasteiger partial charge in [-0.25, -0.2) is 0 Å². The zero-order valence-corrected chi connectivity index (χ0v) is 7.30. The molecule has 0 saturated heterocycles. The molecule has 0 radical (unpaired) electrons. The molecule has 0 spiro atoms. The van der Waals surface area contributed by atoms with Crippen molar-refractivity contribution in [1.82, 2.24) is 10.1 Å². The largest absolute Gasteiger partial charge is 0.255 e. The van der Waals surface area contributed by atoms with Crippen LogP contribution in [0.3, 0.4) is 0 Å². The monoisotopic (exact) mass is 199 g/mol. The van der Waals surface area contributed by atoms with E-state index in [-0.39, 0.29) is 0 Å². The van der Waals surface area contributed by atoms with Crippen LogP contribution < -0.4 is 5.43 Å². The van der Waals surface area contributed by atoms with Crippen molar-refractivity contribution in [3.63, 3.8) is 0 Å². The molecular weight excluding hydrogens is 196 g/mol. The van der Waals surface area contributed by atoms with Gasteiger partial charge in [0.25, 0.3) is 0 Å². The van der Waals surface area contributed by atoms with E-state index in [1.807, 2.05) is 0 Å². The van der Waals surface area contributed by atoms with Gasteiger partial charge >= 0.3 is 0 Å². The average Bonchev–Trinajstić information content (AvgIpc) is 1.82. The fraction of sp³-hybridized carbons (Fsp3) is 0.250. The molecule has 3 nitrogen and oxygen atoms in total. The summed E-state index contributed by atoms with van der Waals surface area (Å²) >= 11 is 16.6. The third-order valence-electron chi connectivity index (χ3n) is 1.00. The quantitative estimate of drug-likeness (QED) is 0.478. The lowest BCUT2D eigenvalue weighted by atomic mass is 10.3. The molecule has 0 aromatic heterocycles. The van der Waals surface area contributed by atoms with Gasteiger partial charge in [-0.2, -0.15) is 0 Å². The van der Waals surface area contributed by atoms with Crippen LogP contribution in [-0.4, -0.2) is 9.81 Å². The molecule has 0 bridgehead atoms. The normalized spacial score (nSPS) is 18.8. The summed E-state index contributed by atoms with van der Waals surface area (Å²) in [4.78, 5) is 0. The molecule has 10 heavy (non-hydrogen) atoms. The molecule has 1 N–H and O–H groups in total. The standard InChI is InChI=1S/C4H4Cl3N3/c1-2-3(5)8-10(7)9-4(2)6/h8H,1H3. The lowest BCUT2D eigenvalue weighted by Gasteiger charge is -2.17. The van der Waals surface area contributed by atoms with E-state index in [9.17, 15) is 0 Å². The summed E-state index contributed by atoms with van der Waals surface area (Å²) in [5, 5.41) is 4.32. The number of hydrogen-bond donors (Lipinski definition) is 1. The first-order valence-corrected chi connectivity index (χ1v) is 3.54. The minimum atomic E-state index is 0.291. The molecule has 0 unspecified atom stereocenters. The van der Waals surface area contributed by atoms with Gasteiger partial charge in [0, 0.05) is 5.57 Å². The molecule has 56 valence electrons. The van der Waals surface area contributed by atoms with Crippen LogP contribution in [0.1, 0.15) is 6.92 Å². The van der Waals surface area contributed by atoms with E-state index in [2.05, 4.69) is 10.5 Å². The Balaban J connectivity index is 2.90. The minimum absolute atomic E-state index is 0.291. The number of hydrogen-bond acceptors (Lipinski definition) is 3. The number of hydrazone groups is 1. The molecule has 0 aromatic rings. The summed E-state index contributed by atoms with van der Waals surface area (Å²) in [5.41, 5.74) is 3.21. The number of halogens is 3. The lowest BCUT2D eigenvalue weighted by molar-refractivity contribution is 0.404. The number of nitrogens with one attached hydrogen (secondary N) is 1. The molecule has 0 atom stereocenters. The predicted octanol–water partition coefficient (Wildman–Crippen LogP) is 1.98. The maximum atomic E-state index is 5.63. The summed E-state index contributed by atoms with van der Waals surface area (Å²) in [6.07, 6.45) is 0. The first kappa shape index (κ1) is 7.98. The van der Waals surface area contributed by atoms with Crippen molar-refractivity contribution in [2.75, 3.05) is 0 Å². The van der Waals surface area contributed by atoms with Crippen LogP contribution >= 0.6 is 35.0 Å². The zero-order chi connectivity index (χ0) is 7.72. The van der Waals surface area contributed by atoms with E-state index in [1.54, 1.807) is 6.92 Å². The molecule has 0 fully saturated rings. The molecule has 1 heterocycles. The Bertz CT molecular complexity index is 210. The van der Waals surface area contributed by atoms with Gasteiger partial charge in [-0.05, 0) is 6.92 Å². The lowest BCUT2D eigenvalue weighted by Crippen LogP contribution is -2.28. The van der Waals surface area contributed by atoms with E-state index in [1.165, 1.54) is 0 Å². The van der Waals surface area contributed by atoms with Gasteiger partial charge in [-0.3, -0.25) is 5.43 Å². The van der Waals surface area contributed by atoms with Gasteiger partial charge in [0.1, 0.15) is 5.16 Å². The van der Waals surface area contributed by atoms with Gasteiger partial charge in [0.05, 0.1) is 11.8 Å². The van der Waals surface area contributed by atoms with E-state index in [0.29, 0.717) is 15.9 Å². The summed E-state index contributed by atoms with van der Waals surface area (Å²) in [6, 6.07) is 0. The van der Waals surface area contributed by atoms with Crippen LogP contribution in [0.15, 0.2) is 15.8 Å². The number of rotatable bonds is 0. The topological polar surface area (TPSA) is 27.6 Å². The van der Waals surface area contributed by atoms with E-state index in [0.717, 1.165) is 4.64 Å². The second kappa shape index (κ2) is 2.86. The van der Waals surface area contributed by atoms with Crippen molar-refractivity contribution >= 4 is 40.1 Å². The maximum Gasteiger partial charge on any atom is 0.158 e. The Morgan fingerprint density at radius 1 is 1.50 bits per heavy atom. The third kappa shape index (κ3) is 1.48. The Morgan fingerprint density at radius 2 is 2.10 bits per heavy atom. The van der Waals surface area contributed by atoms with Crippen LogP contribution in [0.2, 0.25) is 0 Å². The van der Waals surface area contributed by atoms with Crippen LogP contribution in [0.4, 0.5) is 0 Å². The van der Waals surface area contributed by atoms with Crippen molar-refractivity contribution in [1.29, 1.82) is 0 Å². The molecule has 0 aromatic carbocycles. The maximum absolute atomic E-state index is 5.63. The SMILES string of the molecule is CC1=C(Cl)NN(Cl)N=C1Cl. The highest BCUT2D eigenvalue weighted by Gasteiger charge is 2.13. The summed E-state index contributed by atoms with van der Waals surface area (Å²) in [6.45, 7) is 1.74. The van der Waals surface area contributed by atoms with Crippen LogP contribution in [-0.2, 0) is 0 Å². The molecule has 1 aliphatic rings. The van der Waals surface area contributed by atoms with Gasteiger partial charge in [0.15, 0.2) is 5.17 Å². The molecular formula is C4H4Cl3N3. The van der Waals surface area contributed by atoms with Gasteiger partial charge in [0.2, 0.25) is 0 Å². The second-order valence-corrected chi connectivity index (χ2v) is 2.76. The van der Waals surface area contributed by atoms with Crippen LogP contribution in [0, 0.1) is 0 Å². The summed E-state index contributed by atoms with van der Waals surface area (Å²) in [7, 11) is 0. The van der Waals surface area contributed by atoms with Crippen molar-refractivity contribution < 1.29 is 0 Å². The van der Waals surface area contributed by atoms with E-state index >= 15 is 0 Å². The van der Waals surface area contributed by atoms with Crippen LogP contribution in [0.5, 0.6) is 0 Å². The van der Waals surface area contributed by atoms with Gasteiger partial charge in [-0.1, -0.05) is 23.2 Å². The van der Waals surface area contributed by atoms with Crippen molar-refractivity contribution in [2.45, 2.75) is 6.92 Å². The fourth-order valence-corrected chi connectivity index (χ4v) is 1.06. The molecule has 1 aliphatic heterocycles. The third-order valence-corrected chi connectivity index (χ3v) is 1.89. The highest BCUT2D eigenvalue weighted by molar-refractivity contribution is 6.70. The van der Waals surface area contributed by atoms with E-state index < -0.39 is 0 Å². The highest BCUT2D eigenvalue weighted by atomic mass is 35.5. The number of allylic oxidation sites excluding steroid dienone is 1.